The highest BCUT2D eigenvalue weighted by Crippen LogP contribution is 2.16. The van der Waals surface area contributed by atoms with E-state index < -0.39 is 0 Å². The van der Waals surface area contributed by atoms with Crippen LogP contribution in [-0.4, -0.2) is 59.0 Å². The molecular formula is C18H25FN6O. The van der Waals surface area contributed by atoms with E-state index in [9.17, 15) is 9.18 Å². The Morgan fingerprint density at radius 1 is 1.35 bits per heavy atom. The van der Waals surface area contributed by atoms with E-state index >= 15 is 0 Å². The SMILES string of the molecule is CN(CCNC(=O)c1cn(C2CCNCC2)nn1)Cc1ccc(F)cc1. The molecule has 0 spiro atoms. The number of hydrogen-bond acceptors (Lipinski definition) is 5. The lowest BCUT2D eigenvalue weighted by Gasteiger charge is -2.22. The van der Waals surface area contributed by atoms with Gasteiger partial charge in [0.15, 0.2) is 5.69 Å². The second-order valence-corrected chi connectivity index (χ2v) is 6.69. The number of amides is 1. The van der Waals surface area contributed by atoms with Gasteiger partial charge in [0.05, 0.1) is 12.2 Å². The number of halogens is 1. The number of aromatic nitrogens is 3. The van der Waals surface area contributed by atoms with Crippen molar-refractivity contribution in [2.75, 3.05) is 33.2 Å². The zero-order chi connectivity index (χ0) is 18.4. The molecule has 1 amide bonds. The van der Waals surface area contributed by atoms with Gasteiger partial charge in [-0.05, 0) is 50.7 Å². The Kier molecular flexibility index (Phi) is 6.30. The summed E-state index contributed by atoms with van der Waals surface area (Å²) in [6, 6.07) is 6.76. The Morgan fingerprint density at radius 3 is 2.81 bits per heavy atom. The van der Waals surface area contributed by atoms with Crippen LogP contribution < -0.4 is 10.6 Å². The first-order valence-electron chi connectivity index (χ1n) is 8.95. The third-order valence-corrected chi connectivity index (χ3v) is 4.57. The fourth-order valence-electron chi connectivity index (χ4n) is 3.06. The zero-order valence-electron chi connectivity index (χ0n) is 15.0. The number of benzene rings is 1. The van der Waals surface area contributed by atoms with Crippen LogP contribution in [0.4, 0.5) is 4.39 Å². The van der Waals surface area contributed by atoms with Crippen molar-refractivity contribution in [3.05, 3.63) is 47.5 Å². The van der Waals surface area contributed by atoms with Crippen LogP contribution in [0.1, 0.15) is 34.9 Å². The third kappa shape index (κ3) is 5.09. The maximum Gasteiger partial charge on any atom is 0.273 e. The molecule has 1 aromatic carbocycles. The van der Waals surface area contributed by atoms with Gasteiger partial charge in [-0.15, -0.1) is 5.10 Å². The van der Waals surface area contributed by atoms with Gasteiger partial charge >= 0.3 is 0 Å². The molecule has 7 nitrogen and oxygen atoms in total. The number of nitrogens with zero attached hydrogens (tertiary/aromatic N) is 4. The molecule has 8 heteroatoms. The first-order chi connectivity index (χ1) is 12.6. The molecule has 1 aliphatic heterocycles. The van der Waals surface area contributed by atoms with E-state index in [4.69, 9.17) is 0 Å². The predicted molar refractivity (Wildman–Crippen MR) is 96.2 cm³/mol. The highest BCUT2D eigenvalue weighted by atomic mass is 19.1. The highest BCUT2D eigenvalue weighted by molar-refractivity contribution is 5.91. The van der Waals surface area contributed by atoms with Gasteiger partial charge in [-0.1, -0.05) is 17.3 Å². The Morgan fingerprint density at radius 2 is 2.08 bits per heavy atom. The second kappa shape index (κ2) is 8.86. The van der Waals surface area contributed by atoms with Gasteiger partial charge in [-0.25, -0.2) is 9.07 Å². The molecule has 0 saturated carbocycles. The van der Waals surface area contributed by atoms with Gasteiger partial charge in [0.25, 0.3) is 5.91 Å². The summed E-state index contributed by atoms with van der Waals surface area (Å²) >= 11 is 0. The fourth-order valence-corrected chi connectivity index (χ4v) is 3.06. The monoisotopic (exact) mass is 360 g/mol. The molecule has 3 rings (SSSR count). The molecule has 2 N–H and O–H groups in total. The summed E-state index contributed by atoms with van der Waals surface area (Å²) in [5.74, 6) is -0.443. The molecule has 0 bridgehead atoms. The molecule has 1 saturated heterocycles. The number of carbonyl (C=O) groups is 1. The van der Waals surface area contributed by atoms with Gasteiger partial charge in [-0.3, -0.25) is 4.79 Å². The summed E-state index contributed by atoms with van der Waals surface area (Å²) in [6.07, 6.45) is 3.73. The maximum absolute atomic E-state index is 12.9. The van der Waals surface area contributed by atoms with Crippen LogP contribution in [0.25, 0.3) is 0 Å². The summed E-state index contributed by atoms with van der Waals surface area (Å²) < 4.78 is 14.7. The van der Waals surface area contributed by atoms with Crippen molar-refractivity contribution < 1.29 is 9.18 Å². The van der Waals surface area contributed by atoms with Crippen LogP contribution >= 0.6 is 0 Å². The minimum atomic E-state index is -0.235. The van der Waals surface area contributed by atoms with Gasteiger partial charge in [0.1, 0.15) is 5.82 Å². The maximum atomic E-state index is 12.9. The van der Waals surface area contributed by atoms with Gasteiger partial charge < -0.3 is 15.5 Å². The molecule has 1 aliphatic rings. The smallest absolute Gasteiger partial charge is 0.273 e. The van der Waals surface area contributed by atoms with Crippen molar-refractivity contribution in [3.63, 3.8) is 0 Å². The third-order valence-electron chi connectivity index (χ3n) is 4.57. The number of hydrogen-bond donors (Lipinski definition) is 2. The van der Waals surface area contributed by atoms with E-state index in [0.29, 0.717) is 31.4 Å². The average molecular weight is 360 g/mol. The Balaban J connectivity index is 1.42. The van der Waals surface area contributed by atoms with Gasteiger partial charge in [0, 0.05) is 19.6 Å². The predicted octanol–water partition coefficient (Wildman–Crippen LogP) is 1.20. The molecule has 1 aromatic heterocycles. The van der Waals surface area contributed by atoms with Crippen molar-refractivity contribution in [3.8, 4) is 0 Å². The van der Waals surface area contributed by atoms with Gasteiger partial charge in [0.2, 0.25) is 0 Å². The lowest BCUT2D eigenvalue weighted by atomic mass is 10.1. The second-order valence-electron chi connectivity index (χ2n) is 6.69. The fraction of sp³-hybridized carbons (Fsp3) is 0.500. The van der Waals surface area contributed by atoms with Crippen molar-refractivity contribution in [1.82, 2.24) is 30.5 Å². The van der Waals surface area contributed by atoms with Crippen molar-refractivity contribution in [1.29, 1.82) is 0 Å². The van der Waals surface area contributed by atoms with Crippen LogP contribution in [0.3, 0.4) is 0 Å². The van der Waals surface area contributed by atoms with E-state index in [0.717, 1.165) is 31.5 Å². The Labute approximate surface area is 152 Å². The number of carbonyl (C=O) groups excluding carboxylic acids is 1. The van der Waals surface area contributed by atoms with E-state index in [1.54, 1.807) is 23.0 Å². The topological polar surface area (TPSA) is 75.1 Å². The Hall–Kier alpha value is -2.32. The molecular weight excluding hydrogens is 335 g/mol. The van der Waals surface area contributed by atoms with Crippen LogP contribution in [0, 0.1) is 5.82 Å². The van der Waals surface area contributed by atoms with E-state index in [1.165, 1.54) is 12.1 Å². The van der Waals surface area contributed by atoms with E-state index in [2.05, 4.69) is 25.8 Å². The van der Waals surface area contributed by atoms with Crippen LogP contribution in [0.15, 0.2) is 30.5 Å². The highest BCUT2D eigenvalue weighted by Gasteiger charge is 2.18. The zero-order valence-corrected chi connectivity index (χ0v) is 15.0. The standard InChI is InChI=1S/C18H25FN6O/c1-24(12-14-2-4-15(19)5-3-14)11-10-21-18(26)17-13-25(23-22-17)16-6-8-20-9-7-16/h2-5,13,16,20H,6-12H2,1H3,(H,21,26). The lowest BCUT2D eigenvalue weighted by Crippen LogP contribution is -2.33. The average Bonchev–Trinajstić information content (AvgIpc) is 3.15. The number of nitrogens with one attached hydrogen (secondary N) is 2. The van der Waals surface area contributed by atoms with E-state index in [-0.39, 0.29) is 11.7 Å². The summed E-state index contributed by atoms with van der Waals surface area (Å²) in [5.41, 5.74) is 1.38. The van der Waals surface area contributed by atoms with E-state index in [1.807, 2.05) is 7.05 Å². The quantitative estimate of drug-likeness (QED) is 0.776. The normalized spacial score (nSPS) is 15.3. The molecule has 140 valence electrons. The number of rotatable bonds is 7. The molecule has 0 radical (unpaired) electrons. The molecule has 0 aliphatic carbocycles. The number of likely N-dealkylation sites (N-methyl/N-ethyl adjacent to an activating group) is 1. The summed E-state index contributed by atoms with van der Waals surface area (Å²) in [6.45, 7) is 3.82. The van der Waals surface area contributed by atoms with Crippen molar-refractivity contribution in [2.24, 2.45) is 0 Å². The van der Waals surface area contributed by atoms with Crippen molar-refractivity contribution >= 4 is 5.91 Å². The lowest BCUT2D eigenvalue weighted by molar-refractivity contribution is 0.0944. The minimum absolute atomic E-state index is 0.208. The van der Waals surface area contributed by atoms with Crippen LogP contribution in [0.2, 0.25) is 0 Å². The molecule has 2 heterocycles. The van der Waals surface area contributed by atoms with Gasteiger partial charge in [-0.2, -0.15) is 0 Å². The van der Waals surface area contributed by atoms with Crippen LogP contribution in [0.5, 0.6) is 0 Å². The van der Waals surface area contributed by atoms with Crippen molar-refractivity contribution in [2.45, 2.75) is 25.4 Å². The largest absolute Gasteiger partial charge is 0.349 e. The molecule has 0 atom stereocenters. The summed E-state index contributed by atoms with van der Waals surface area (Å²) in [7, 11) is 1.96. The first kappa shape index (κ1) is 18.5. The molecule has 0 unspecified atom stereocenters. The summed E-state index contributed by atoms with van der Waals surface area (Å²) in [5, 5.41) is 14.3. The number of piperidine rings is 1. The first-order valence-corrected chi connectivity index (χ1v) is 8.95. The molecule has 26 heavy (non-hydrogen) atoms. The summed E-state index contributed by atoms with van der Waals surface area (Å²) in [4.78, 5) is 14.3. The molecule has 1 fully saturated rings. The molecule has 2 aromatic rings. The Bertz CT molecular complexity index is 711. The minimum Gasteiger partial charge on any atom is -0.349 e. The van der Waals surface area contributed by atoms with Crippen LogP contribution in [-0.2, 0) is 6.54 Å².